The van der Waals surface area contributed by atoms with E-state index in [-0.39, 0.29) is 11.4 Å². The number of anilines is 1. The van der Waals surface area contributed by atoms with Crippen molar-refractivity contribution in [3.05, 3.63) is 59.5 Å². The van der Waals surface area contributed by atoms with Gasteiger partial charge in [0.15, 0.2) is 5.16 Å². The molecule has 0 atom stereocenters. The monoisotopic (exact) mass is 413 g/mol. The number of benzene rings is 1. The number of rotatable bonds is 5. The van der Waals surface area contributed by atoms with Crippen molar-refractivity contribution in [2.45, 2.75) is 11.3 Å². The third-order valence-corrected chi connectivity index (χ3v) is 4.57. The highest BCUT2D eigenvalue weighted by atomic mass is 35.5. The first kappa shape index (κ1) is 19.2. The van der Waals surface area contributed by atoms with E-state index in [9.17, 15) is 18.0 Å². The lowest BCUT2D eigenvalue weighted by Gasteiger charge is -2.11. The van der Waals surface area contributed by atoms with Crippen LogP contribution in [0.1, 0.15) is 5.56 Å². The number of alkyl halides is 3. The summed E-state index contributed by atoms with van der Waals surface area (Å²) in [5.41, 5.74) is -1.01. The molecule has 3 rings (SSSR count). The van der Waals surface area contributed by atoms with Gasteiger partial charge in [0, 0.05) is 11.9 Å². The van der Waals surface area contributed by atoms with Gasteiger partial charge in [-0.05, 0) is 30.3 Å². The van der Waals surface area contributed by atoms with Gasteiger partial charge in [0.25, 0.3) is 0 Å². The van der Waals surface area contributed by atoms with Gasteiger partial charge < -0.3 is 5.32 Å². The first-order chi connectivity index (χ1) is 12.8. The number of nitrogens with zero attached hydrogens (tertiary/aromatic N) is 4. The van der Waals surface area contributed by atoms with Crippen LogP contribution in [0, 0.1) is 0 Å². The molecule has 0 saturated heterocycles. The van der Waals surface area contributed by atoms with Crippen molar-refractivity contribution in [3.63, 3.8) is 0 Å². The molecule has 0 aliphatic heterocycles. The average Bonchev–Trinajstić information content (AvgIpc) is 3.10. The molecule has 0 fully saturated rings. The average molecular weight is 414 g/mol. The highest BCUT2D eigenvalue weighted by Gasteiger charge is 2.33. The number of nitrogens with one attached hydrogen (secondary N) is 1. The highest BCUT2D eigenvalue weighted by molar-refractivity contribution is 7.99. The third-order valence-electron chi connectivity index (χ3n) is 3.30. The second-order valence-electron chi connectivity index (χ2n) is 5.20. The van der Waals surface area contributed by atoms with Crippen molar-refractivity contribution in [1.29, 1.82) is 0 Å². The Labute approximate surface area is 160 Å². The molecular formula is C16H11ClF3N5OS. The molecule has 2 aromatic heterocycles. The second kappa shape index (κ2) is 7.97. The maximum absolute atomic E-state index is 12.9. The first-order valence-corrected chi connectivity index (χ1v) is 8.82. The van der Waals surface area contributed by atoms with Crippen LogP contribution in [0.3, 0.4) is 0 Å². The smallest absolute Gasteiger partial charge is 0.325 e. The fourth-order valence-corrected chi connectivity index (χ4v) is 3.07. The fraction of sp³-hybridized carbons (Fsp3) is 0.125. The zero-order chi connectivity index (χ0) is 19.4. The number of carbonyl (C=O) groups excluding carboxylic acids is 1. The van der Waals surface area contributed by atoms with Gasteiger partial charge in [-0.1, -0.05) is 29.4 Å². The molecule has 1 aromatic carbocycles. The van der Waals surface area contributed by atoms with Gasteiger partial charge in [0.2, 0.25) is 5.91 Å². The van der Waals surface area contributed by atoms with Crippen molar-refractivity contribution >= 4 is 35.0 Å². The summed E-state index contributed by atoms with van der Waals surface area (Å²) < 4.78 is 40.2. The standard InChI is InChI=1S/C16H11ClF3N5OS/c17-12-5-4-10(7-11(12)16(18,19)20)23-14(26)8-27-15-24-22-9-25(15)13-3-1-2-6-21-13/h1-7,9H,8H2,(H,23,26). The van der Waals surface area contributed by atoms with Crippen molar-refractivity contribution in [2.75, 3.05) is 11.1 Å². The molecule has 1 N–H and O–H groups in total. The van der Waals surface area contributed by atoms with E-state index in [0.29, 0.717) is 11.0 Å². The molecule has 11 heteroatoms. The zero-order valence-corrected chi connectivity index (χ0v) is 15.0. The van der Waals surface area contributed by atoms with Crippen LogP contribution in [0.5, 0.6) is 0 Å². The van der Waals surface area contributed by atoms with E-state index >= 15 is 0 Å². The van der Waals surface area contributed by atoms with Crippen molar-refractivity contribution in [1.82, 2.24) is 19.7 Å². The van der Waals surface area contributed by atoms with Gasteiger partial charge in [-0.25, -0.2) is 4.98 Å². The van der Waals surface area contributed by atoms with E-state index in [4.69, 9.17) is 11.6 Å². The topological polar surface area (TPSA) is 72.7 Å². The zero-order valence-electron chi connectivity index (χ0n) is 13.4. The minimum absolute atomic E-state index is 0.00326. The number of pyridine rings is 1. The van der Waals surface area contributed by atoms with Crippen LogP contribution in [0.15, 0.2) is 54.1 Å². The molecule has 2 heterocycles. The second-order valence-corrected chi connectivity index (χ2v) is 6.55. The Kier molecular flexibility index (Phi) is 5.66. The van der Waals surface area contributed by atoms with Crippen LogP contribution < -0.4 is 5.32 Å². The van der Waals surface area contributed by atoms with Crippen LogP contribution in [-0.4, -0.2) is 31.4 Å². The molecule has 0 radical (unpaired) electrons. The number of aromatic nitrogens is 4. The Bertz CT molecular complexity index is 949. The van der Waals surface area contributed by atoms with Crippen molar-refractivity contribution in [2.24, 2.45) is 0 Å². The summed E-state index contributed by atoms with van der Waals surface area (Å²) >= 11 is 6.64. The predicted octanol–water partition coefficient (Wildman–Crippen LogP) is 4.07. The molecule has 0 spiro atoms. The van der Waals surface area contributed by atoms with E-state index in [2.05, 4.69) is 20.5 Å². The lowest BCUT2D eigenvalue weighted by atomic mass is 10.2. The SMILES string of the molecule is O=C(CSc1nncn1-c1ccccn1)Nc1ccc(Cl)c(C(F)(F)F)c1. The Morgan fingerprint density at radius 2 is 2.07 bits per heavy atom. The summed E-state index contributed by atoms with van der Waals surface area (Å²) in [5, 5.41) is 10.1. The summed E-state index contributed by atoms with van der Waals surface area (Å²) in [6.45, 7) is 0. The number of carbonyl (C=O) groups is 1. The van der Waals surface area contributed by atoms with Gasteiger partial charge in [0.05, 0.1) is 16.3 Å². The van der Waals surface area contributed by atoms with E-state index in [1.54, 1.807) is 29.0 Å². The van der Waals surface area contributed by atoms with E-state index in [1.165, 1.54) is 12.4 Å². The van der Waals surface area contributed by atoms with Gasteiger partial charge in [0.1, 0.15) is 12.1 Å². The van der Waals surface area contributed by atoms with Crippen LogP contribution in [0.2, 0.25) is 5.02 Å². The predicted molar refractivity (Wildman–Crippen MR) is 95.0 cm³/mol. The van der Waals surface area contributed by atoms with Gasteiger partial charge in [-0.3, -0.25) is 9.36 Å². The Balaban J connectivity index is 1.66. The molecule has 3 aromatic rings. The lowest BCUT2D eigenvalue weighted by Crippen LogP contribution is -2.15. The number of halogens is 4. The first-order valence-electron chi connectivity index (χ1n) is 7.45. The summed E-state index contributed by atoms with van der Waals surface area (Å²) in [6, 6.07) is 8.49. The van der Waals surface area contributed by atoms with E-state index in [0.717, 1.165) is 23.9 Å². The molecule has 0 aliphatic rings. The molecule has 27 heavy (non-hydrogen) atoms. The number of hydrogen-bond acceptors (Lipinski definition) is 5. The summed E-state index contributed by atoms with van der Waals surface area (Å²) in [7, 11) is 0. The quantitative estimate of drug-likeness (QED) is 0.638. The molecule has 0 aliphatic carbocycles. The lowest BCUT2D eigenvalue weighted by molar-refractivity contribution is -0.137. The highest BCUT2D eigenvalue weighted by Crippen LogP contribution is 2.36. The molecular weight excluding hydrogens is 403 g/mol. The summed E-state index contributed by atoms with van der Waals surface area (Å²) in [5.74, 6) is 0.0131. The number of amides is 1. The molecule has 6 nitrogen and oxygen atoms in total. The maximum atomic E-state index is 12.9. The Morgan fingerprint density at radius 3 is 2.78 bits per heavy atom. The number of thioether (sulfide) groups is 1. The minimum atomic E-state index is -4.61. The van der Waals surface area contributed by atoms with Crippen LogP contribution >= 0.6 is 23.4 Å². The van der Waals surface area contributed by atoms with Gasteiger partial charge >= 0.3 is 6.18 Å². The normalized spacial score (nSPS) is 11.4. The number of hydrogen-bond donors (Lipinski definition) is 1. The Hall–Kier alpha value is -2.59. The maximum Gasteiger partial charge on any atom is 0.417 e. The minimum Gasteiger partial charge on any atom is -0.325 e. The van der Waals surface area contributed by atoms with Crippen LogP contribution in [0.4, 0.5) is 18.9 Å². The van der Waals surface area contributed by atoms with Crippen LogP contribution in [-0.2, 0) is 11.0 Å². The summed E-state index contributed by atoms with van der Waals surface area (Å²) in [4.78, 5) is 16.2. The molecule has 140 valence electrons. The summed E-state index contributed by atoms with van der Waals surface area (Å²) in [6.07, 6.45) is -1.54. The van der Waals surface area contributed by atoms with Gasteiger partial charge in [-0.15, -0.1) is 10.2 Å². The molecule has 1 amide bonds. The van der Waals surface area contributed by atoms with Gasteiger partial charge in [-0.2, -0.15) is 13.2 Å². The Morgan fingerprint density at radius 1 is 1.26 bits per heavy atom. The molecule has 0 unspecified atom stereocenters. The van der Waals surface area contributed by atoms with Crippen LogP contribution in [0.25, 0.3) is 5.82 Å². The van der Waals surface area contributed by atoms with Crippen molar-refractivity contribution < 1.29 is 18.0 Å². The molecule has 0 saturated carbocycles. The largest absolute Gasteiger partial charge is 0.417 e. The van der Waals surface area contributed by atoms with Crippen molar-refractivity contribution in [3.8, 4) is 5.82 Å². The molecule has 0 bridgehead atoms. The third kappa shape index (κ3) is 4.77. The fourth-order valence-electron chi connectivity index (χ4n) is 2.12. The van der Waals surface area contributed by atoms with E-state index < -0.39 is 22.7 Å². The van der Waals surface area contributed by atoms with E-state index in [1.807, 2.05) is 0 Å².